The van der Waals surface area contributed by atoms with Crippen molar-refractivity contribution in [1.82, 2.24) is 9.55 Å². The number of nitrogens with two attached hydrogens (primary N) is 1. The van der Waals surface area contributed by atoms with E-state index in [4.69, 9.17) is 5.73 Å². The molecule has 3 N–H and O–H groups in total. The zero-order valence-corrected chi connectivity index (χ0v) is 14.5. The summed E-state index contributed by atoms with van der Waals surface area (Å²) in [7, 11) is 0. The average Bonchev–Trinajstić information content (AvgIpc) is 3.15. The predicted molar refractivity (Wildman–Crippen MR) is 109 cm³/mol. The van der Waals surface area contributed by atoms with E-state index in [-0.39, 0.29) is 0 Å². The molecule has 0 saturated heterocycles. The zero-order chi connectivity index (χ0) is 18.4. The van der Waals surface area contributed by atoms with Crippen molar-refractivity contribution in [2.24, 2.45) is 10.7 Å². The van der Waals surface area contributed by atoms with Crippen LogP contribution in [0.3, 0.4) is 0 Å². The van der Waals surface area contributed by atoms with Gasteiger partial charge in [0.1, 0.15) is 5.82 Å². The number of anilines is 1. The Hall–Kier alpha value is -3.44. The van der Waals surface area contributed by atoms with Crippen molar-refractivity contribution in [3.63, 3.8) is 0 Å². The van der Waals surface area contributed by atoms with Crippen LogP contribution in [-0.2, 0) is 6.54 Å². The Balaban J connectivity index is 1.93. The molecule has 1 heterocycles. The molecule has 130 valence electrons. The molecule has 0 radical (unpaired) electrons. The maximum absolute atomic E-state index is 5.79. The SMILES string of the molecule is C=N/C=C(/c1cccc(C(=C)Nc2ccccc2)c1)n1ccnc1CN. The number of aromatic nitrogens is 2. The van der Waals surface area contributed by atoms with Gasteiger partial charge in [0.2, 0.25) is 0 Å². The molecule has 0 aliphatic heterocycles. The minimum absolute atomic E-state index is 0.337. The van der Waals surface area contributed by atoms with Gasteiger partial charge in [0.05, 0.1) is 18.4 Å². The lowest BCUT2D eigenvalue weighted by molar-refractivity contribution is 0.879. The first-order valence-corrected chi connectivity index (χ1v) is 8.23. The zero-order valence-electron chi connectivity index (χ0n) is 14.5. The number of nitrogens with one attached hydrogen (secondary N) is 1. The second-order valence-electron chi connectivity index (χ2n) is 5.66. The van der Waals surface area contributed by atoms with Crippen molar-refractivity contribution in [3.8, 4) is 0 Å². The number of aliphatic imine (C=N–C) groups is 1. The quantitative estimate of drug-likeness (QED) is 0.638. The number of benzene rings is 2. The van der Waals surface area contributed by atoms with E-state index in [1.807, 2.05) is 59.3 Å². The highest BCUT2D eigenvalue weighted by atomic mass is 15.1. The Morgan fingerprint density at radius 3 is 2.65 bits per heavy atom. The van der Waals surface area contributed by atoms with Crippen LogP contribution < -0.4 is 11.1 Å². The molecule has 5 nitrogen and oxygen atoms in total. The van der Waals surface area contributed by atoms with Crippen molar-refractivity contribution < 1.29 is 0 Å². The molecule has 0 atom stereocenters. The molecule has 26 heavy (non-hydrogen) atoms. The highest BCUT2D eigenvalue weighted by Gasteiger charge is 2.10. The first kappa shape index (κ1) is 17.4. The van der Waals surface area contributed by atoms with Crippen molar-refractivity contribution in [2.75, 3.05) is 5.32 Å². The Labute approximate surface area is 153 Å². The molecule has 1 aromatic heterocycles. The summed E-state index contributed by atoms with van der Waals surface area (Å²) in [5.74, 6) is 0.756. The summed E-state index contributed by atoms with van der Waals surface area (Å²) in [4.78, 5) is 8.23. The van der Waals surface area contributed by atoms with Gasteiger partial charge in [-0.05, 0) is 30.5 Å². The molecule has 0 amide bonds. The van der Waals surface area contributed by atoms with E-state index in [0.29, 0.717) is 6.54 Å². The van der Waals surface area contributed by atoms with Crippen LogP contribution in [0.25, 0.3) is 11.4 Å². The third-order valence-corrected chi connectivity index (χ3v) is 3.95. The van der Waals surface area contributed by atoms with E-state index in [1.54, 1.807) is 12.4 Å². The van der Waals surface area contributed by atoms with Crippen LogP contribution in [0.5, 0.6) is 0 Å². The predicted octanol–water partition coefficient (Wildman–Crippen LogP) is 3.97. The van der Waals surface area contributed by atoms with Gasteiger partial charge in [-0.25, -0.2) is 4.98 Å². The molecule has 0 aliphatic rings. The van der Waals surface area contributed by atoms with Gasteiger partial charge in [-0.2, -0.15) is 0 Å². The fourth-order valence-electron chi connectivity index (χ4n) is 2.70. The number of rotatable bonds is 7. The molecule has 2 aromatic carbocycles. The smallest absolute Gasteiger partial charge is 0.127 e. The van der Waals surface area contributed by atoms with Gasteiger partial charge >= 0.3 is 0 Å². The summed E-state index contributed by atoms with van der Waals surface area (Å²) in [5, 5.41) is 3.32. The first-order valence-electron chi connectivity index (χ1n) is 8.23. The Kier molecular flexibility index (Phi) is 5.41. The lowest BCUT2D eigenvalue weighted by Gasteiger charge is -2.14. The summed E-state index contributed by atoms with van der Waals surface area (Å²) in [6, 6.07) is 18.0. The Bertz CT molecular complexity index is 938. The molecule has 3 rings (SSSR count). The van der Waals surface area contributed by atoms with Crippen LogP contribution in [0.4, 0.5) is 5.69 Å². The van der Waals surface area contributed by atoms with E-state index in [0.717, 1.165) is 34.0 Å². The number of nitrogens with zero attached hydrogens (tertiary/aromatic N) is 3. The Morgan fingerprint density at radius 1 is 1.15 bits per heavy atom. The molecule has 0 unspecified atom stereocenters. The highest BCUT2D eigenvalue weighted by molar-refractivity contribution is 5.78. The maximum atomic E-state index is 5.79. The number of para-hydroxylation sites is 1. The van der Waals surface area contributed by atoms with Gasteiger partial charge in [-0.1, -0.05) is 43.0 Å². The summed E-state index contributed by atoms with van der Waals surface area (Å²) in [6.07, 6.45) is 5.29. The molecule has 3 aromatic rings. The van der Waals surface area contributed by atoms with E-state index < -0.39 is 0 Å². The van der Waals surface area contributed by atoms with Crippen molar-refractivity contribution in [3.05, 3.63) is 96.7 Å². The summed E-state index contributed by atoms with van der Waals surface area (Å²) >= 11 is 0. The van der Waals surface area contributed by atoms with E-state index in [1.165, 1.54) is 0 Å². The standard InChI is InChI=1S/C21H21N5/c1-16(25-19-9-4-3-5-10-19)17-7-6-8-18(13-17)20(15-23-2)26-12-11-24-21(26)14-22/h3-13,15,25H,1-2,14,22H2/b20-15-. The number of imidazole rings is 1. The minimum atomic E-state index is 0.337. The van der Waals surface area contributed by atoms with Crippen molar-refractivity contribution >= 4 is 23.8 Å². The molecule has 0 spiro atoms. The second-order valence-corrected chi connectivity index (χ2v) is 5.66. The molecule has 0 fully saturated rings. The fourth-order valence-corrected chi connectivity index (χ4v) is 2.70. The third-order valence-electron chi connectivity index (χ3n) is 3.95. The van der Waals surface area contributed by atoms with Gasteiger partial charge in [0.15, 0.2) is 0 Å². The normalized spacial score (nSPS) is 11.2. The van der Waals surface area contributed by atoms with E-state index in [2.05, 4.69) is 34.7 Å². The summed E-state index contributed by atoms with van der Waals surface area (Å²) in [6.45, 7) is 8.08. The van der Waals surface area contributed by atoms with Gasteiger partial charge in [-0.15, -0.1) is 0 Å². The minimum Gasteiger partial charge on any atom is -0.356 e. The number of hydrogen-bond acceptors (Lipinski definition) is 4. The van der Waals surface area contributed by atoms with Crippen LogP contribution in [0.1, 0.15) is 17.0 Å². The largest absolute Gasteiger partial charge is 0.356 e. The summed E-state index contributed by atoms with van der Waals surface area (Å²) in [5.41, 5.74) is 10.4. The van der Waals surface area contributed by atoms with Gasteiger partial charge in [0, 0.05) is 29.3 Å². The third kappa shape index (κ3) is 3.79. The Morgan fingerprint density at radius 2 is 1.92 bits per heavy atom. The van der Waals surface area contributed by atoms with Crippen LogP contribution in [0, 0.1) is 0 Å². The van der Waals surface area contributed by atoms with E-state index >= 15 is 0 Å². The summed E-state index contributed by atoms with van der Waals surface area (Å²) < 4.78 is 1.92. The van der Waals surface area contributed by atoms with Crippen LogP contribution in [0.15, 0.2) is 84.8 Å². The fraction of sp³-hybridized carbons (Fsp3) is 0.0476. The second kappa shape index (κ2) is 8.09. The van der Waals surface area contributed by atoms with Gasteiger partial charge < -0.3 is 15.6 Å². The van der Waals surface area contributed by atoms with Gasteiger partial charge in [-0.3, -0.25) is 4.99 Å². The monoisotopic (exact) mass is 343 g/mol. The number of hydrogen-bond donors (Lipinski definition) is 2. The maximum Gasteiger partial charge on any atom is 0.127 e. The average molecular weight is 343 g/mol. The lowest BCUT2D eigenvalue weighted by atomic mass is 10.1. The molecule has 5 heteroatoms. The molecular formula is C21H21N5. The first-order chi connectivity index (χ1) is 12.7. The van der Waals surface area contributed by atoms with Crippen molar-refractivity contribution in [2.45, 2.75) is 6.54 Å². The van der Waals surface area contributed by atoms with Crippen LogP contribution in [0.2, 0.25) is 0 Å². The molecule has 0 bridgehead atoms. The highest BCUT2D eigenvalue weighted by Crippen LogP contribution is 2.24. The molecular weight excluding hydrogens is 322 g/mol. The van der Waals surface area contributed by atoms with Gasteiger partial charge in [0.25, 0.3) is 0 Å². The van der Waals surface area contributed by atoms with E-state index in [9.17, 15) is 0 Å². The lowest BCUT2D eigenvalue weighted by Crippen LogP contribution is -2.08. The van der Waals surface area contributed by atoms with Crippen molar-refractivity contribution in [1.29, 1.82) is 0 Å². The topological polar surface area (TPSA) is 68.2 Å². The van der Waals surface area contributed by atoms with Crippen LogP contribution >= 0.6 is 0 Å². The molecule has 0 aliphatic carbocycles. The van der Waals surface area contributed by atoms with Crippen LogP contribution in [-0.4, -0.2) is 16.3 Å². The molecule has 0 saturated carbocycles.